The minimum atomic E-state index is -0.0495. The average Bonchev–Trinajstić information content (AvgIpc) is 2.83. The van der Waals surface area contributed by atoms with Gasteiger partial charge in [-0.05, 0) is 37.5 Å². The number of hydrogen-bond acceptors (Lipinski definition) is 3. The number of nitrogens with one attached hydrogen (secondary N) is 1. The molecule has 5 heteroatoms. The molecule has 1 fully saturated rings. The third-order valence-electron chi connectivity index (χ3n) is 4.30. The van der Waals surface area contributed by atoms with Crippen molar-refractivity contribution in [2.75, 3.05) is 26.3 Å². The number of likely N-dealkylation sites (tertiary alicyclic amines) is 1. The standard InChI is InChI=1S/C17H24N2O3/c1-13(18-17(20)19-8-4-2-3-5-9-19)14-6-7-15-16(12-14)22-11-10-21-15/h6-7,12-13H,2-5,8-11H2,1H3,(H,18,20). The molecule has 2 aliphatic rings. The van der Waals surface area contributed by atoms with E-state index in [1.807, 2.05) is 30.0 Å². The first-order chi connectivity index (χ1) is 10.7. The molecule has 2 aliphatic heterocycles. The summed E-state index contributed by atoms with van der Waals surface area (Å²) in [6.07, 6.45) is 4.65. The molecule has 5 nitrogen and oxygen atoms in total. The summed E-state index contributed by atoms with van der Waals surface area (Å²) in [6, 6.07) is 5.84. The van der Waals surface area contributed by atoms with Crippen LogP contribution in [0.15, 0.2) is 18.2 Å². The summed E-state index contributed by atoms with van der Waals surface area (Å²) in [6.45, 7) is 4.89. The van der Waals surface area contributed by atoms with Gasteiger partial charge >= 0.3 is 6.03 Å². The van der Waals surface area contributed by atoms with Crippen LogP contribution in [0, 0.1) is 0 Å². The van der Waals surface area contributed by atoms with Crippen LogP contribution in [0.5, 0.6) is 11.5 Å². The number of amides is 2. The van der Waals surface area contributed by atoms with E-state index in [4.69, 9.17) is 9.47 Å². The highest BCUT2D eigenvalue weighted by Gasteiger charge is 2.19. The van der Waals surface area contributed by atoms with E-state index in [9.17, 15) is 4.79 Å². The predicted molar refractivity (Wildman–Crippen MR) is 84.4 cm³/mol. The first-order valence-corrected chi connectivity index (χ1v) is 8.19. The molecular formula is C17H24N2O3. The molecule has 1 unspecified atom stereocenters. The highest BCUT2D eigenvalue weighted by atomic mass is 16.6. The van der Waals surface area contributed by atoms with E-state index in [0.29, 0.717) is 13.2 Å². The highest BCUT2D eigenvalue weighted by molar-refractivity contribution is 5.74. The van der Waals surface area contributed by atoms with Gasteiger partial charge in [0.25, 0.3) is 0 Å². The molecule has 1 atom stereocenters. The monoisotopic (exact) mass is 304 g/mol. The Balaban J connectivity index is 1.63. The van der Waals surface area contributed by atoms with Gasteiger partial charge in [-0.15, -0.1) is 0 Å². The van der Waals surface area contributed by atoms with Gasteiger partial charge in [-0.25, -0.2) is 4.79 Å². The first-order valence-electron chi connectivity index (χ1n) is 8.19. The van der Waals surface area contributed by atoms with E-state index in [1.165, 1.54) is 12.8 Å². The van der Waals surface area contributed by atoms with Gasteiger partial charge in [-0.1, -0.05) is 18.9 Å². The molecule has 0 radical (unpaired) electrons. The van der Waals surface area contributed by atoms with Gasteiger partial charge in [-0.2, -0.15) is 0 Å². The molecule has 22 heavy (non-hydrogen) atoms. The third kappa shape index (κ3) is 3.46. The summed E-state index contributed by atoms with van der Waals surface area (Å²) < 4.78 is 11.1. The van der Waals surface area contributed by atoms with Crippen LogP contribution in [0.4, 0.5) is 4.79 Å². The van der Waals surface area contributed by atoms with Gasteiger partial charge in [0.1, 0.15) is 13.2 Å². The number of benzene rings is 1. The van der Waals surface area contributed by atoms with Gasteiger partial charge in [0.2, 0.25) is 0 Å². The van der Waals surface area contributed by atoms with Crippen LogP contribution in [0.25, 0.3) is 0 Å². The van der Waals surface area contributed by atoms with E-state index < -0.39 is 0 Å². The number of ether oxygens (including phenoxy) is 2. The Hall–Kier alpha value is -1.91. The second-order valence-electron chi connectivity index (χ2n) is 5.98. The lowest BCUT2D eigenvalue weighted by Crippen LogP contribution is -2.41. The molecule has 2 heterocycles. The fourth-order valence-corrected chi connectivity index (χ4v) is 2.96. The van der Waals surface area contributed by atoms with Crippen molar-refractivity contribution >= 4 is 6.03 Å². The number of fused-ring (bicyclic) bond motifs is 1. The lowest BCUT2D eigenvalue weighted by atomic mass is 10.1. The summed E-state index contributed by atoms with van der Waals surface area (Å²) in [5, 5.41) is 3.09. The van der Waals surface area contributed by atoms with Gasteiger partial charge in [-0.3, -0.25) is 0 Å². The molecule has 1 saturated heterocycles. The highest BCUT2D eigenvalue weighted by Crippen LogP contribution is 2.32. The van der Waals surface area contributed by atoms with E-state index in [2.05, 4.69) is 5.32 Å². The molecule has 3 rings (SSSR count). The van der Waals surface area contributed by atoms with Crippen LogP contribution in [0.3, 0.4) is 0 Å². The van der Waals surface area contributed by atoms with E-state index in [-0.39, 0.29) is 12.1 Å². The maximum Gasteiger partial charge on any atom is 0.317 e. The van der Waals surface area contributed by atoms with Crippen molar-refractivity contribution < 1.29 is 14.3 Å². The molecule has 1 N–H and O–H groups in total. The fraction of sp³-hybridized carbons (Fsp3) is 0.588. The molecule has 0 aliphatic carbocycles. The second-order valence-corrected chi connectivity index (χ2v) is 5.98. The summed E-state index contributed by atoms with van der Waals surface area (Å²) in [4.78, 5) is 14.3. The molecule has 0 bridgehead atoms. The van der Waals surface area contributed by atoms with Gasteiger partial charge in [0, 0.05) is 13.1 Å². The Morgan fingerprint density at radius 2 is 1.77 bits per heavy atom. The summed E-state index contributed by atoms with van der Waals surface area (Å²) in [7, 11) is 0. The lowest BCUT2D eigenvalue weighted by molar-refractivity contribution is 0.171. The number of nitrogens with zero attached hydrogens (tertiary/aromatic N) is 1. The van der Waals surface area contributed by atoms with Crippen molar-refractivity contribution in [2.45, 2.75) is 38.6 Å². The number of urea groups is 1. The number of carbonyl (C=O) groups excluding carboxylic acids is 1. The topological polar surface area (TPSA) is 50.8 Å². The smallest absolute Gasteiger partial charge is 0.317 e. The Morgan fingerprint density at radius 3 is 2.50 bits per heavy atom. The van der Waals surface area contributed by atoms with Crippen molar-refractivity contribution in [3.05, 3.63) is 23.8 Å². The summed E-state index contributed by atoms with van der Waals surface area (Å²) in [5.74, 6) is 1.54. The number of hydrogen-bond donors (Lipinski definition) is 1. The largest absolute Gasteiger partial charge is 0.486 e. The van der Waals surface area contributed by atoms with Crippen molar-refractivity contribution in [3.63, 3.8) is 0 Å². The van der Waals surface area contributed by atoms with Gasteiger partial charge in [0.05, 0.1) is 6.04 Å². The Bertz CT molecular complexity index is 525. The van der Waals surface area contributed by atoms with Crippen molar-refractivity contribution in [1.82, 2.24) is 10.2 Å². The number of rotatable bonds is 2. The maximum atomic E-state index is 12.4. The Morgan fingerprint density at radius 1 is 1.09 bits per heavy atom. The maximum absolute atomic E-state index is 12.4. The van der Waals surface area contributed by atoms with Crippen molar-refractivity contribution in [1.29, 1.82) is 0 Å². The molecule has 120 valence electrons. The summed E-state index contributed by atoms with van der Waals surface area (Å²) in [5.41, 5.74) is 1.03. The van der Waals surface area contributed by atoms with Crippen molar-refractivity contribution in [2.24, 2.45) is 0 Å². The van der Waals surface area contributed by atoms with Crippen LogP contribution in [0.2, 0.25) is 0 Å². The van der Waals surface area contributed by atoms with Crippen molar-refractivity contribution in [3.8, 4) is 11.5 Å². The molecular weight excluding hydrogens is 280 g/mol. The van der Waals surface area contributed by atoms with E-state index >= 15 is 0 Å². The molecule has 0 saturated carbocycles. The summed E-state index contributed by atoms with van der Waals surface area (Å²) >= 11 is 0. The number of carbonyl (C=O) groups is 1. The molecule has 1 aromatic rings. The molecule has 1 aromatic carbocycles. The minimum absolute atomic E-state index is 0.0317. The van der Waals surface area contributed by atoms with Crippen LogP contribution in [-0.4, -0.2) is 37.2 Å². The van der Waals surface area contributed by atoms with Gasteiger partial charge in [0.15, 0.2) is 11.5 Å². The van der Waals surface area contributed by atoms with Crippen LogP contribution in [-0.2, 0) is 0 Å². The zero-order valence-corrected chi connectivity index (χ0v) is 13.1. The average molecular weight is 304 g/mol. The van der Waals surface area contributed by atoms with E-state index in [0.717, 1.165) is 43.0 Å². The van der Waals surface area contributed by atoms with Crippen LogP contribution in [0.1, 0.15) is 44.2 Å². The minimum Gasteiger partial charge on any atom is -0.486 e. The fourth-order valence-electron chi connectivity index (χ4n) is 2.96. The van der Waals surface area contributed by atoms with Crippen LogP contribution >= 0.6 is 0 Å². The zero-order valence-electron chi connectivity index (χ0n) is 13.1. The normalized spacial score (nSPS) is 19.2. The predicted octanol–water partition coefficient (Wildman–Crippen LogP) is 3.10. The molecule has 0 spiro atoms. The van der Waals surface area contributed by atoms with Crippen LogP contribution < -0.4 is 14.8 Å². The first kappa shape index (κ1) is 15.0. The Kier molecular flexibility index (Phi) is 4.71. The third-order valence-corrected chi connectivity index (χ3v) is 4.30. The second kappa shape index (κ2) is 6.90. The quantitative estimate of drug-likeness (QED) is 0.913. The Labute approximate surface area is 131 Å². The SMILES string of the molecule is CC(NC(=O)N1CCCCCC1)c1ccc2c(c1)OCCO2. The van der Waals surface area contributed by atoms with E-state index in [1.54, 1.807) is 0 Å². The molecule has 0 aromatic heterocycles. The van der Waals surface area contributed by atoms with Gasteiger partial charge < -0.3 is 19.7 Å². The zero-order chi connectivity index (χ0) is 15.4. The lowest BCUT2D eigenvalue weighted by Gasteiger charge is -2.25. The molecule has 2 amide bonds.